The van der Waals surface area contributed by atoms with E-state index in [-0.39, 0.29) is 0 Å². The molecule has 0 spiro atoms. The average Bonchev–Trinajstić information content (AvgIpc) is 3.28. The molecule has 0 atom stereocenters. The highest BCUT2D eigenvalue weighted by Crippen LogP contribution is 2.34. The zero-order valence-electron chi connectivity index (χ0n) is 17.0. The van der Waals surface area contributed by atoms with Crippen molar-refractivity contribution in [3.8, 4) is 34.4 Å². The minimum absolute atomic E-state index is 0.323. The second-order valence-corrected chi connectivity index (χ2v) is 6.87. The van der Waals surface area contributed by atoms with E-state index in [4.69, 9.17) is 30.3 Å². The Morgan fingerprint density at radius 1 is 0.871 bits per heavy atom. The third-order valence-electron chi connectivity index (χ3n) is 4.48. The van der Waals surface area contributed by atoms with Gasteiger partial charge < -0.3 is 24.1 Å². The van der Waals surface area contributed by atoms with Gasteiger partial charge in [0.2, 0.25) is 11.7 Å². The fourth-order valence-corrected chi connectivity index (χ4v) is 3.11. The van der Waals surface area contributed by atoms with Crippen molar-refractivity contribution in [3.63, 3.8) is 0 Å². The Balaban J connectivity index is 1.48. The summed E-state index contributed by atoms with van der Waals surface area (Å²) in [6.07, 6.45) is 0. The lowest BCUT2D eigenvalue weighted by atomic mass is 10.2. The first-order chi connectivity index (χ1) is 15.2. The van der Waals surface area contributed by atoms with Crippen molar-refractivity contribution < 1.29 is 18.7 Å². The minimum Gasteiger partial charge on any atom is -0.493 e. The van der Waals surface area contributed by atoms with Crippen LogP contribution < -0.4 is 19.5 Å². The number of nitrogens with zero attached hydrogens (tertiary/aromatic N) is 2. The Labute approximate surface area is 184 Å². The summed E-state index contributed by atoms with van der Waals surface area (Å²) < 4.78 is 21.9. The zero-order chi connectivity index (χ0) is 21.6. The van der Waals surface area contributed by atoms with Crippen LogP contribution in [-0.2, 0) is 6.54 Å². The molecular formula is C23H20ClN3O4. The number of benzene rings is 3. The Morgan fingerprint density at radius 3 is 2.39 bits per heavy atom. The van der Waals surface area contributed by atoms with E-state index in [0.29, 0.717) is 46.3 Å². The molecule has 7 nitrogen and oxygen atoms in total. The monoisotopic (exact) mass is 437 g/mol. The van der Waals surface area contributed by atoms with Crippen molar-refractivity contribution in [2.75, 3.05) is 19.5 Å². The molecular weight excluding hydrogens is 418 g/mol. The molecule has 3 aromatic carbocycles. The first kappa shape index (κ1) is 20.6. The highest BCUT2D eigenvalue weighted by atomic mass is 35.5. The number of rotatable bonds is 8. The zero-order valence-corrected chi connectivity index (χ0v) is 17.7. The molecule has 0 saturated carbocycles. The first-order valence-electron chi connectivity index (χ1n) is 9.48. The van der Waals surface area contributed by atoms with Gasteiger partial charge in [0.1, 0.15) is 5.75 Å². The molecule has 1 heterocycles. The largest absolute Gasteiger partial charge is 0.493 e. The molecule has 1 N–H and O–H groups in total. The normalized spacial score (nSPS) is 10.5. The highest BCUT2D eigenvalue weighted by Gasteiger charge is 2.13. The molecule has 4 rings (SSSR count). The number of hydrogen-bond acceptors (Lipinski definition) is 7. The van der Waals surface area contributed by atoms with Crippen molar-refractivity contribution >= 4 is 17.3 Å². The molecule has 158 valence electrons. The summed E-state index contributed by atoms with van der Waals surface area (Å²) in [5, 5.41) is 7.86. The van der Waals surface area contributed by atoms with Gasteiger partial charge in [0.25, 0.3) is 0 Å². The van der Waals surface area contributed by atoms with Crippen LogP contribution in [0.25, 0.3) is 11.4 Å². The van der Waals surface area contributed by atoms with Crippen LogP contribution in [0.4, 0.5) is 5.69 Å². The van der Waals surface area contributed by atoms with E-state index in [1.54, 1.807) is 32.4 Å². The van der Waals surface area contributed by atoms with Gasteiger partial charge in [-0.1, -0.05) is 41.0 Å². The van der Waals surface area contributed by atoms with Crippen molar-refractivity contribution in [2.45, 2.75) is 6.54 Å². The molecule has 0 amide bonds. The standard InChI is InChI=1S/C23H20ClN3O4/c1-28-20-12-11-15(13-21(20)29-2)23-26-22(31-27-23)14-25-17-8-4-6-10-19(17)30-18-9-5-3-7-16(18)24/h3-13,25H,14H2,1-2H3. The number of ether oxygens (including phenoxy) is 3. The predicted octanol–water partition coefficient (Wildman–Crippen LogP) is 5.81. The Morgan fingerprint density at radius 2 is 1.61 bits per heavy atom. The number of nitrogens with one attached hydrogen (secondary N) is 1. The molecule has 0 bridgehead atoms. The van der Waals surface area contributed by atoms with Gasteiger partial charge in [-0.3, -0.25) is 0 Å². The summed E-state index contributed by atoms with van der Waals surface area (Å²) in [4.78, 5) is 4.46. The molecule has 0 fully saturated rings. The van der Waals surface area contributed by atoms with Crippen molar-refractivity contribution in [3.05, 3.63) is 77.6 Å². The molecule has 31 heavy (non-hydrogen) atoms. The molecule has 0 aliphatic rings. The van der Waals surface area contributed by atoms with Crippen LogP contribution in [-0.4, -0.2) is 24.4 Å². The van der Waals surface area contributed by atoms with Crippen LogP contribution in [0.1, 0.15) is 5.89 Å². The van der Waals surface area contributed by atoms with Gasteiger partial charge in [-0.25, -0.2) is 0 Å². The quantitative estimate of drug-likeness (QED) is 0.372. The number of anilines is 1. The van der Waals surface area contributed by atoms with E-state index in [9.17, 15) is 0 Å². The van der Waals surface area contributed by atoms with Crippen LogP contribution >= 0.6 is 11.6 Å². The molecule has 1 aromatic heterocycles. The van der Waals surface area contributed by atoms with Crippen LogP contribution in [0.5, 0.6) is 23.0 Å². The smallest absolute Gasteiger partial charge is 0.246 e. The average molecular weight is 438 g/mol. The van der Waals surface area contributed by atoms with E-state index in [1.165, 1.54) is 0 Å². The summed E-state index contributed by atoms with van der Waals surface area (Å²) in [5.74, 6) is 3.32. The number of methoxy groups -OCH3 is 2. The van der Waals surface area contributed by atoms with Gasteiger partial charge in [0.05, 0.1) is 31.5 Å². The summed E-state index contributed by atoms with van der Waals surface area (Å²) >= 11 is 6.21. The maximum atomic E-state index is 6.21. The predicted molar refractivity (Wildman–Crippen MR) is 118 cm³/mol. The summed E-state index contributed by atoms with van der Waals surface area (Å²) in [7, 11) is 3.16. The molecule has 0 aliphatic carbocycles. The summed E-state index contributed by atoms with van der Waals surface area (Å²) in [5.41, 5.74) is 1.53. The fraction of sp³-hybridized carbons (Fsp3) is 0.130. The van der Waals surface area contributed by atoms with E-state index >= 15 is 0 Å². The van der Waals surface area contributed by atoms with Gasteiger partial charge in [0, 0.05) is 5.56 Å². The van der Waals surface area contributed by atoms with E-state index < -0.39 is 0 Å². The number of para-hydroxylation sites is 3. The van der Waals surface area contributed by atoms with E-state index in [2.05, 4.69) is 15.5 Å². The van der Waals surface area contributed by atoms with Gasteiger partial charge in [0.15, 0.2) is 17.2 Å². The molecule has 4 aromatic rings. The van der Waals surface area contributed by atoms with Crippen molar-refractivity contribution in [1.29, 1.82) is 0 Å². The lowest BCUT2D eigenvalue weighted by Gasteiger charge is -2.12. The third kappa shape index (κ3) is 4.73. The highest BCUT2D eigenvalue weighted by molar-refractivity contribution is 6.32. The SMILES string of the molecule is COc1ccc(-c2noc(CNc3ccccc3Oc3ccccc3Cl)n2)cc1OC. The van der Waals surface area contributed by atoms with Gasteiger partial charge in [-0.15, -0.1) is 0 Å². The maximum absolute atomic E-state index is 6.21. The van der Waals surface area contributed by atoms with E-state index in [0.717, 1.165) is 11.3 Å². The lowest BCUT2D eigenvalue weighted by Crippen LogP contribution is -2.01. The van der Waals surface area contributed by atoms with E-state index in [1.807, 2.05) is 48.5 Å². The summed E-state index contributed by atoms with van der Waals surface area (Å²) in [6.45, 7) is 0.323. The van der Waals surface area contributed by atoms with Gasteiger partial charge in [-0.05, 0) is 42.5 Å². The molecule has 0 unspecified atom stereocenters. The number of aromatic nitrogens is 2. The molecule has 0 radical (unpaired) electrons. The summed E-state index contributed by atoms with van der Waals surface area (Å²) in [6, 6.07) is 20.3. The van der Waals surface area contributed by atoms with Crippen LogP contribution in [0, 0.1) is 0 Å². The first-order valence-corrected chi connectivity index (χ1v) is 9.86. The van der Waals surface area contributed by atoms with Crippen molar-refractivity contribution in [2.24, 2.45) is 0 Å². The van der Waals surface area contributed by atoms with Crippen molar-refractivity contribution in [1.82, 2.24) is 10.1 Å². The Hall–Kier alpha value is -3.71. The topological polar surface area (TPSA) is 78.6 Å². The molecule has 8 heteroatoms. The van der Waals surface area contributed by atoms with Gasteiger partial charge >= 0.3 is 0 Å². The number of hydrogen-bond donors (Lipinski definition) is 1. The third-order valence-corrected chi connectivity index (χ3v) is 4.80. The number of halogens is 1. The van der Waals surface area contributed by atoms with Crippen LogP contribution in [0.2, 0.25) is 5.02 Å². The molecule has 0 saturated heterocycles. The van der Waals surface area contributed by atoms with Crippen LogP contribution in [0.15, 0.2) is 71.3 Å². The Bertz CT molecular complexity index is 1180. The molecule has 0 aliphatic heterocycles. The van der Waals surface area contributed by atoms with Crippen LogP contribution in [0.3, 0.4) is 0 Å². The maximum Gasteiger partial charge on any atom is 0.246 e. The second-order valence-electron chi connectivity index (χ2n) is 6.46. The lowest BCUT2D eigenvalue weighted by molar-refractivity contribution is 0.355. The minimum atomic E-state index is 0.323. The Kier molecular flexibility index (Phi) is 6.24. The fourth-order valence-electron chi connectivity index (χ4n) is 2.94. The second kappa shape index (κ2) is 9.40. The van der Waals surface area contributed by atoms with Gasteiger partial charge in [-0.2, -0.15) is 4.98 Å².